The summed E-state index contributed by atoms with van der Waals surface area (Å²) in [4.78, 5) is -0.100. The molecule has 1 N–H and O–H groups in total. The maximum atomic E-state index is 12.3. The first-order chi connectivity index (χ1) is 10.2. The molecule has 0 amide bonds. The molecule has 0 aliphatic heterocycles. The van der Waals surface area contributed by atoms with Crippen LogP contribution in [0.2, 0.25) is 0 Å². The van der Waals surface area contributed by atoms with Gasteiger partial charge in [0.25, 0.3) is 10.0 Å². The molecular weight excluding hydrogens is 387 g/mol. The van der Waals surface area contributed by atoms with Crippen LogP contribution in [-0.4, -0.2) is 14.8 Å². The summed E-state index contributed by atoms with van der Waals surface area (Å²) in [5, 5.41) is 0. The van der Waals surface area contributed by atoms with E-state index in [1.807, 2.05) is 0 Å². The first-order valence-electron chi connectivity index (χ1n) is 5.81. The lowest BCUT2D eigenvalue weighted by Gasteiger charge is -2.15. The Kier molecular flexibility index (Phi) is 4.66. The Morgan fingerprint density at radius 2 is 1.59 bits per heavy atom. The van der Waals surface area contributed by atoms with Crippen molar-refractivity contribution in [2.75, 3.05) is 4.72 Å². The number of rotatable bonds is 4. The molecule has 0 saturated carbocycles. The van der Waals surface area contributed by atoms with Crippen molar-refractivity contribution in [1.82, 2.24) is 0 Å². The molecule has 0 bridgehead atoms. The highest BCUT2D eigenvalue weighted by Gasteiger charge is 2.32. The third-order valence-electron chi connectivity index (χ3n) is 2.48. The summed E-state index contributed by atoms with van der Waals surface area (Å²) in [7, 11) is -4.07. The van der Waals surface area contributed by atoms with E-state index in [1.165, 1.54) is 36.4 Å². The highest BCUT2D eigenvalue weighted by atomic mass is 79.9. The molecule has 0 spiro atoms. The topological polar surface area (TPSA) is 55.4 Å². The summed E-state index contributed by atoms with van der Waals surface area (Å²) < 4.78 is 67.7. The minimum Gasteiger partial charge on any atom is -0.404 e. The van der Waals surface area contributed by atoms with E-state index in [0.717, 1.165) is 6.07 Å². The zero-order chi connectivity index (χ0) is 16.4. The van der Waals surface area contributed by atoms with Gasteiger partial charge in [0.1, 0.15) is 4.90 Å². The highest BCUT2D eigenvalue weighted by molar-refractivity contribution is 9.10. The molecule has 2 rings (SSSR count). The average molecular weight is 396 g/mol. The summed E-state index contributed by atoms with van der Waals surface area (Å²) in [6.07, 6.45) is -4.92. The lowest BCUT2D eigenvalue weighted by atomic mass is 10.3. The number of anilines is 1. The van der Waals surface area contributed by atoms with Crippen LogP contribution in [0.1, 0.15) is 0 Å². The molecule has 0 fully saturated rings. The summed E-state index contributed by atoms with van der Waals surface area (Å²) in [5.74, 6) is -0.634. The summed E-state index contributed by atoms with van der Waals surface area (Å²) in [6.45, 7) is 0. The van der Waals surface area contributed by atoms with Crippen LogP contribution < -0.4 is 9.46 Å². The second kappa shape index (κ2) is 6.17. The van der Waals surface area contributed by atoms with Crippen LogP contribution in [0.5, 0.6) is 5.75 Å². The molecule has 118 valence electrons. The minimum absolute atomic E-state index is 0.100. The third-order valence-corrected chi connectivity index (χ3v) is 4.86. The van der Waals surface area contributed by atoms with Gasteiger partial charge in [0.05, 0.1) is 5.69 Å². The molecule has 0 aliphatic rings. The van der Waals surface area contributed by atoms with Crippen LogP contribution in [0.4, 0.5) is 18.9 Å². The van der Waals surface area contributed by atoms with E-state index in [4.69, 9.17) is 0 Å². The zero-order valence-corrected chi connectivity index (χ0v) is 13.2. The standard InChI is InChI=1S/C13H9BrF3NO3S/c14-9-5-1-4-8-12(9)22(19,20)18-10-6-2-3-7-11(10)21-13(15,16)17/h1-8,18H. The number of nitrogens with one attached hydrogen (secondary N) is 1. The number of halogens is 4. The molecule has 2 aromatic carbocycles. The van der Waals surface area contributed by atoms with Crippen LogP contribution in [-0.2, 0) is 10.0 Å². The van der Waals surface area contributed by atoms with Crippen molar-refractivity contribution in [1.29, 1.82) is 0 Å². The van der Waals surface area contributed by atoms with Crippen LogP contribution in [0.25, 0.3) is 0 Å². The highest BCUT2D eigenvalue weighted by Crippen LogP contribution is 2.32. The lowest BCUT2D eigenvalue weighted by molar-refractivity contribution is -0.274. The van der Waals surface area contributed by atoms with Crippen molar-refractivity contribution in [3.63, 3.8) is 0 Å². The van der Waals surface area contributed by atoms with Crippen LogP contribution in [0, 0.1) is 0 Å². The predicted octanol–water partition coefficient (Wildman–Crippen LogP) is 4.15. The Balaban J connectivity index is 2.37. The van der Waals surface area contributed by atoms with Gasteiger partial charge in [-0.3, -0.25) is 4.72 Å². The van der Waals surface area contributed by atoms with Crippen molar-refractivity contribution in [2.24, 2.45) is 0 Å². The molecule has 0 radical (unpaired) electrons. The van der Waals surface area contributed by atoms with Gasteiger partial charge in [-0.25, -0.2) is 8.42 Å². The Morgan fingerprint density at radius 1 is 1.00 bits per heavy atom. The van der Waals surface area contributed by atoms with E-state index in [-0.39, 0.29) is 15.1 Å². The Morgan fingerprint density at radius 3 is 2.23 bits per heavy atom. The molecule has 22 heavy (non-hydrogen) atoms. The fraction of sp³-hybridized carbons (Fsp3) is 0.0769. The number of alkyl halides is 3. The number of para-hydroxylation sites is 2. The van der Waals surface area contributed by atoms with E-state index in [2.05, 4.69) is 25.4 Å². The Hall–Kier alpha value is -1.74. The first-order valence-corrected chi connectivity index (χ1v) is 8.09. The number of ether oxygens (including phenoxy) is 1. The van der Waals surface area contributed by atoms with E-state index >= 15 is 0 Å². The summed E-state index contributed by atoms with van der Waals surface area (Å²) in [5.41, 5.74) is -0.310. The van der Waals surface area contributed by atoms with Crippen molar-refractivity contribution in [3.8, 4) is 5.75 Å². The fourth-order valence-electron chi connectivity index (χ4n) is 1.63. The van der Waals surface area contributed by atoms with Crippen molar-refractivity contribution in [3.05, 3.63) is 53.0 Å². The molecule has 0 aromatic heterocycles. The maximum Gasteiger partial charge on any atom is 0.573 e. The van der Waals surface area contributed by atoms with Gasteiger partial charge < -0.3 is 4.74 Å². The van der Waals surface area contributed by atoms with Crippen molar-refractivity contribution >= 4 is 31.6 Å². The molecule has 0 aliphatic carbocycles. The largest absolute Gasteiger partial charge is 0.573 e. The van der Waals surface area contributed by atoms with E-state index in [0.29, 0.717) is 0 Å². The minimum atomic E-state index is -4.92. The van der Waals surface area contributed by atoms with Gasteiger partial charge in [-0.15, -0.1) is 13.2 Å². The molecule has 0 unspecified atom stereocenters. The van der Waals surface area contributed by atoms with Gasteiger partial charge in [-0.05, 0) is 40.2 Å². The third kappa shape index (κ3) is 4.14. The van der Waals surface area contributed by atoms with Crippen LogP contribution >= 0.6 is 15.9 Å². The second-order valence-corrected chi connectivity index (χ2v) is 6.59. The monoisotopic (exact) mass is 395 g/mol. The molecule has 0 atom stereocenters. The van der Waals surface area contributed by atoms with Gasteiger partial charge in [0, 0.05) is 4.47 Å². The first kappa shape index (κ1) is 16.6. The molecule has 2 aromatic rings. The zero-order valence-electron chi connectivity index (χ0n) is 10.8. The SMILES string of the molecule is O=S(=O)(Nc1ccccc1OC(F)(F)F)c1ccccc1Br. The van der Waals surface area contributed by atoms with Gasteiger partial charge in [-0.2, -0.15) is 0 Å². The predicted molar refractivity (Wildman–Crippen MR) is 78.1 cm³/mol. The van der Waals surface area contributed by atoms with Gasteiger partial charge in [0.15, 0.2) is 5.75 Å². The maximum absolute atomic E-state index is 12.3. The van der Waals surface area contributed by atoms with E-state index < -0.39 is 22.1 Å². The normalized spacial score (nSPS) is 12.0. The van der Waals surface area contributed by atoms with Gasteiger partial charge >= 0.3 is 6.36 Å². The lowest BCUT2D eigenvalue weighted by Crippen LogP contribution is -2.20. The van der Waals surface area contributed by atoms with Crippen molar-refractivity contribution < 1.29 is 26.3 Å². The average Bonchev–Trinajstić information content (AvgIpc) is 2.39. The van der Waals surface area contributed by atoms with Crippen LogP contribution in [0.15, 0.2) is 57.9 Å². The molecule has 0 saturated heterocycles. The fourth-order valence-corrected chi connectivity index (χ4v) is 3.70. The summed E-state index contributed by atoms with van der Waals surface area (Å²) >= 11 is 3.08. The van der Waals surface area contributed by atoms with Crippen molar-refractivity contribution in [2.45, 2.75) is 11.3 Å². The number of hydrogen-bond acceptors (Lipinski definition) is 3. The molecular formula is C13H9BrF3NO3S. The number of hydrogen-bond donors (Lipinski definition) is 1. The van der Waals surface area contributed by atoms with Gasteiger partial charge in [0.2, 0.25) is 0 Å². The Labute approximate surface area is 133 Å². The smallest absolute Gasteiger partial charge is 0.404 e. The van der Waals surface area contributed by atoms with E-state index in [9.17, 15) is 21.6 Å². The van der Waals surface area contributed by atoms with E-state index in [1.54, 1.807) is 6.07 Å². The molecule has 0 heterocycles. The number of sulfonamides is 1. The second-order valence-electron chi connectivity index (χ2n) is 4.08. The van der Waals surface area contributed by atoms with Gasteiger partial charge in [-0.1, -0.05) is 24.3 Å². The molecule has 4 nitrogen and oxygen atoms in total. The Bertz CT molecular complexity index is 778. The van der Waals surface area contributed by atoms with Crippen LogP contribution in [0.3, 0.4) is 0 Å². The summed E-state index contributed by atoms with van der Waals surface area (Å²) in [6, 6.07) is 10.8. The quantitative estimate of drug-likeness (QED) is 0.845. The number of benzene rings is 2. The molecule has 9 heteroatoms.